The van der Waals surface area contributed by atoms with Gasteiger partial charge in [-0.3, -0.25) is 18.8 Å². The smallest absolute Gasteiger partial charge is 0.266 e. The van der Waals surface area contributed by atoms with Crippen molar-refractivity contribution in [3.8, 4) is 11.3 Å². The molecule has 2 saturated heterocycles. The second kappa shape index (κ2) is 7.79. The summed E-state index contributed by atoms with van der Waals surface area (Å²) in [6.07, 6.45) is 2.09. The SMILES string of the molecule is NS(=O)(=O)c1ccc(-c2ccc(C=C3SC(=S)N(C4CCS(O)(O)C4)C3=O)o2)cc1. The zero-order chi connectivity index (χ0) is 21.7. The van der Waals surface area contributed by atoms with E-state index < -0.39 is 20.6 Å². The molecule has 0 aliphatic carbocycles. The Morgan fingerprint density at radius 2 is 1.93 bits per heavy atom. The van der Waals surface area contributed by atoms with Crippen molar-refractivity contribution in [2.75, 3.05) is 11.5 Å². The summed E-state index contributed by atoms with van der Waals surface area (Å²) in [5, 5.41) is 5.10. The molecule has 1 aromatic heterocycles. The Kier molecular flexibility index (Phi) is 5.60. The summed E-state index contributed by atoms with van der Waals surface area (Å²) in [6, 6.07) is 9.05. The first-order valence-electron chi connectivity index (χ1n) is 8.77. The highest BCUT2D eigenvalue weighted by molar-refractivity contribution is 8.27. The minimum absolute atomic E-state index is 0.00484. The van der Waals surface area contributed by atoms with Crippen LogP contribution in [0.15, 0.2) is 50.6 Å². The Hall–Kier alpha value is -1.67. The summed E-state index contributed by atoms with van der Waals surface area (Å²) in [6.45, 7) is 0. The van der Waals surface area contributed by atoms with Crippen LogP contribution >= 0.6 is 34.6 Å². The van der Waals surface area contributed by atoms with Gasteiger partial charge in [0.2, 0.25) is 10.0 Å². The van der Waals surface area contributed by atoms with Crippen LogP contribution in [-0.4, -0.2) is 50.2 Å². The van der Waals surface area contributed by atoms with Crippen LogP contribution in [-0.2, 0) is 14.8 Å². The number of rotatable bonds is 4. The van der Waals surface area contributed by atoms with Crippen molar-refractivity contribution in [3.63, 3.8) is 0 Å². The minimum Gasteiger partial charge on any atom is -0.457 e. The summed E-state index contributed by atoms with van der Waals surface area (Å²) in [4.78, 5) is 14.7. The van der Waals surface area contributed by atoms with Crippen LogP contribution in [0.5, 0.6) is 0 Å². The maximum absolute atomic E-state index is 12.8. The van der Waals surface area contributed by atoms with Crippen molar-refractivity contribution in [3.05, 3.63) is 47.1 Å². The molecular formula is C18H18N2O6S4. The average molecular weight is 487 g/mol. The van der Waals surface area contributed by atoms with Gasteiger partial charge in [0.1, 0.15) is 15.8 Å². The lowest BCUT2D eigenvalue weighted by Crippen LogP contribution is -2.39. The number of furan rings is 1. The van der Waals surface area contributed by atoms with Crippen molar-refractivity contribution >= 4 is 60.9 Å². The summed E-state index contributed by atoms with van der Waals surface area (Å²) in [5.41, 5.74) is 0.658. The summed E-state index contributed by atoms with van der Waals surface area (Å²) >= 11 is 6.48. The predicted octanol–water partition coefficient (Wildman–Crippen LogP) is 3.32. The Labute approximate surface area is 184 Å². The lowest BCUT2D eigenvalue weighted by atomic mass is 10.2. The molecule has 0 spiro atoms. The number of nitrogens with two attached hydrogens (primary N) is 1. The third kappa shape index (κ3) is 4.35. The highest BCUT2D eigenvalue weighted by atomic mass is 32.3. The van der Waals surface area contributed by atoms with Crippen LogP contribution in [0.25, 0.3) is 17.4 Å². The fourth-order valence-corrected chi connectivity index (χ4v) is 6.97. The van der Waals surface area contributed by atoms with Gasteiger partial charge < -0.3 is 4.42 Å². The van der Waals surface area contributed by atoms with Gasteiger partial charge in [-0.15, -0.1) is 0 Å². The number of hydrogen-bond donors (Lipinski definition) is 3. The van der Waals surface area contributed by atoms with E-state index in [0.29, 0.717) is 32.7 Å². The molecule has 8 nitrogen and oxygen atoms in total. The minimum atomic E-state index is -3.77. The average Bonchev–Trinajstić information content (AvgIpc) is 3.33. The number of thiocarbonyl (C=S) groups is 1. The number of amides is 1. The van der Waals surface area contributed by atoms with E-state index in [9.17, 15) is 22.3 Å². The molecule has 0 saturated carbocycles. The zero-order valence-electron chi connectivity index (χ0n) is 15.4. The molecule has 2 aliphatic heterocycles. The third-order valence-corrected chi connectivity index (χ3v) is 8.86. The van der Waals surface area contributed by atoms with Gasteiger partial charge in [0.25, 0.3) is 5.91 Å². The van der Waals surface area contributed by atoms with Crippen LogP contribution in [0.4, 0.5) is 0 Å². The van der Waals surface area contributed by atoms with E-state index in [0.717, 1.165) is 11.8 Å². The van der Waals surface area contributed by atoms with E-state index in [1.165, 1.54) is 17.0 Å². The number of thioether (sulfide) groups is 1. The van der Waals surface area contributed by atoms with E-state index in [4.69, 9.17) is 21.8 Å². The topological polar surface area (TPSA) is 134 Å². The largest absolute Gasteiger partial charge is 0.457 e. The van der Waals surface area contributed by atoms with Crippen molar-refractivity contribution in [1.82, 2.24) is 4.90 Å². The molecule has 0 radical (unpaired) electrons. The fourth-order valence-electron chi connectivity index (χ4n) is 3.32. The lowest BCUT2D eigenvalue weighted by Gasteiger charge is -2.28. The molecule has 2 aromatic rings. The van der Waals surface area contributed by atoms with Gasteiger partial charge in [-0.25, -0.2) is 13.6 Å². The first-order chi connectivity index (χ1) is 14.0. The highest BCUT2D eigenvalue weighted by Gasteiger charge is 2.42. The van der Waals surface area contributed by atoms with Gasteiger partial charge in [-0.2, -0.15) is 10.6 Å². The van der Waals surface area contributed by atoms with Crippen LogP contribution in [0, 0.1) is 0 Å². The zero-order valence-corrected chi connectivity index (χ0v) is 18.7. The number of primary sulfonamides is 1. The van der Waals surface area contributed by atoms with E-state index >= 15 is 0 Å². The van der Waals surface area contributed by atoms with E-state index in [1.807, 2.05) is 0 Å². The number of sulfonamides is 1. The second-order valence-electron chi connectivity index (χ2n) is 6.94. The maximum Gasteiger partial charge on any atom is 0.266 e. The molecule has 30 heavy (non-hydrogen) atoms. The second-order valence-corrected chi connectivity index (χ2v) is 12.5. The third-order valence-electron chi connectivity index (χ3n) is 4.79. The number of benzene rings is 1. The molecule has 1 amide bonds. The Morgan fingerprint density at radius 1 is 1.23 bits per heavy atom. The van der Waals surface area contributed by atoms with E-state index in [1.54, 1.807) is 30.3 Å². The quantitative estimate of drug-likeness (QED) is 0.443. The highest BCUT2D eigenvalue weighted by Crippen LogP contribution is 2.49. The standard InChI is InChI=1S/C18H18N2O6S4/c19-30(24,25)14-4-1-11(2-5-14)15-6-3-13(26-15)9-16-17(21)20(18(27)28-16)12-7-8-29(22,23)10-12/h1-6,9,12,22-23H,7-8,10H2,(H2,19,24,25). The maximum atomic E-state index is 12.8. The molecule has 12 heteroatoms. The fraction of sp³-hybridized carbons (Fsp3) is 0.222. The molecule has 4 N–H and O–H groups in total. The normalized spacial score (nSPS) is 24.0. The lowest BCUT2D eigenvalue weighted by molar-refractivity contribution is -0.123. The Bertz CT molecular complexity index is 1150. The predicted molar refractivity (Wildman–Crippen MR) is 122 cm³/mol. The van der Waals surface area contributed by atoms with Crippen LogP contribution in [0.2, 0.25) is 0 Å². The monoisotopic (exact) mass is 486 g/mol. The molecular weight excluding hydrogens is 468 g/mol. The van der Waals surface area contributed by atoms with Crippen molar-refractivity contribution in [2.24, 2.45) is 5.14 Å². The number of hydrogen-bond acceptors (Lipinski definition) is 8. The molecule has 1 aromatic carbocycles. The van der Waals surface area contributed by atoms with Gasteiger partial charge in [0.15, 0.2) is 0 Å². The molecule has 2 aliphatic rings. The van der Waals surface area contributed by atoms with Crippen molar-refractivity contribution in [1.29, 1.82) is 0 Å². The number of carbonyl (C=O) groups is 1. The molecule has 4 rings (SSSR count). The number of carbonyl (C=O) groups excluding carboxylic acids is 1. The summed E-state index contributed by atoms with van der Waals surface area (Å²) in [7, 11) is -6.41. The van der Waals surface area contributed by atoms with Crippen molar-refractivity contribution < 1.29 is 26.7 Å². The van der Waals surface area contributed by atoms with Crippen LogP contribution < -0.4 is 5.14 Å². The molecule has 1 atom stereocenters. The Morgan fingerprint density at radius 3 is 2.53 bits per heavy atom. The summed E-state index contributed by atoms with van der Waals surface area (Å²) in [5.74, 6) is 1.09. The molecule has 0 bridgehead atoms. The van der Waals surface area contributed by atoms with Gasteiger partial charge >= 0.3 is 0 Å². The van der Waals surface area contributed by atoms with Gasteiger partial charge in [0, 0.05) is 17.4 Å². The van der Waals surface area contributed by atoms with E-state index in [-0.39, 0.29) is 28.4 Å². The van der Waals surface area contributed by atoms with E-state index in [2.05, 4.69) is 0 Å². The first-order valence-corrected chi connectivity index (χ1v) is 13.4. The summed E-state index contributed by atoms with van der Waals surface area (Å²) < 4.78 is 48.6. The van der Waals surface area contributed by atoms with Crippen LogP contribution in [0.3, 0.4) is 0 Å². The van der Waals surface area contributed by atoms with Gasteiger partial charge in [-0.05, 0) is 42.8 Å². The number of nitrogens with zero attached hydrogens (tertiary/aromatic N) is 1. The molecule has 1 unspecified atom stereocenters. The molecule has 160 valence electrons. The Balaban J connectivity index is 1.53. The van der Waals surface area contributed by atoms with Gasteiger partial charge in [-0.1, -0.05) is 24.0 Å². The molecule has 3 heterocycles. The first kappa shape index (κ1) is 21.6. The molecule has 2 fully saturated rings. The van der Waals surface area contributed by atoms with Crippen molar-refractivity contribution in [2.45, 2.75) is 17.4 Å². The van der Waals surface area contributed by atoms with Crippen LogP contribution in [0.1, 0.15) is 12.2 Å². The van der Waals surface area contributed by atoms with Gasteiger partial charge in [0.05, 0.1) is 21.6 Å².